The Labute approximate surface area is 131 Å². The van der Waals surface area contributed by atoms with Gasteiger partial charge in [0.1, 0.15) is 11.9 Å². The van der Waals surface area contributed by atoms with Gasteiger partial charge in [0.05, 0.1) is 14.2 Å². The summed E-state index contributed by atoms with van der Waals surface area (Å²) in [7, 11) is 3.04. The van der Waals surface area contributed by atoms with Crippen LogP contribution in [-0.2, 0) is 0 Å². The molecular formula is C16H16BrFO3. The van der Waals surface area contributed by atoms with E-state index in [1.807, 2.05) is 6.92 Å². The van der Waals surface area contributed by atoms with Crippen molar-refractivity contribution in [2.45, 2.75) is 13.0 Å². The molecule has 21 heavy (non-hydrogen) atoms. The highest BCUT2D eigenvalue weighted by molar-refractivity contribution is 9.10. The Bertz CT molecular complexity index is 658. The molecule has 5 heteroatoms. The van der Waals surface area contributed by atoms with E-state index in [1.54, 1.807) is 24.3 Å². The first-order valence-electron chi connectivity index (χ1n) is 6.33. The second-order valence-electron chi connectivity index (χ2n) is 4.66. The van der Waals surface area contributed by atoms with Crippen LogP contribution < -0.4 is 9.47 Å². The fraction of sp³-hybridized carbons (Fsp3) is 0.250. The predicted molar refractivity (Wildman–Crippen MR) is 82.4 cm³/mol. The third kappa shape index (κ3) is 3.19. The molecule has 0 saturated heterocycles. The number of rotatable bonds is 4. The number of ether oxygens (including phenoxy) is 2. The van der Waals surface area contributed by atoms with E-state index in [0.29, 0.717) is 21.5 Å². The minimum absolute atomic E-state index is 0.225. The van der Waals surface area contributed by atoms with Crippen LogP contribution in [0.4, 0.5) is 4.39 Å². The molecule has 0 aliphatic rings. The maximum absolute atomic E-state index is 13.9. The van der Waals surface area contributed by atoms with Gasteiger partial charge in [0.25, 0.3) is 0 Å². The van der Waals surface area contributed by atoms with Gasteiger partial charge in [0, 0.05) is 15.6 Å². The average molecular weight is 355 g/mol. The average Bonchev–Trinajstić information content (AvgIpc) is 2.48. The second kappa shape index (κ2) is 6.45. The van der Waals surface area contributed by atoms with E-state index >= 15 is 0 Å². The molecule has 0 saturated carbocycles. The van der Waals surface area contributed by atoms with Crippen molar-refractivity contribution in [3.8, 4) is 11.5 Å². The standard InChI is InChI=1S/C16H16BrFO3/c1-9-4-5-13(18)11(6-9)16(19)10-7-14(20-2)15(21-3)8-12(10)17/h4-8,16,19H,1-3H3. The molecule has 0 aliphatic heterocycles. The van der Waals surface area contributed by atoms with Crippen LogP contribution in [0.5, 0.6) is 11.5 Å². The summed E-state index contributed by atoms with van der Waals surface area (Å²) >= 11 is 3.37. The Morgan fingerprint density at radius 3 is 2.29 bits per heavy atom. The van der Waals surface area contributed by atoms with Gasteiger partial charge in [0.2, 0.25) is 0 Å². The summed E-state index contributed by atoms with van der Waals surface area (Å²) in [5.41, 5.74) is 1.61. The van der Waals surface area contributed by atoms with Crippen molar-refractivity contribution in [3.63, 3.8) is 0 Å². The van der Waals surface area contributed by atoms with Crippen LogP contribution in [0.3, 0.4) is 0 Å². The molecule has 1 atom stereocenters. The Morgan fingerprint density at radius 1 is 1.05 bits per heavy atom. The van der Waals surface area contributed by atoms with Crippen LogP contribution in [0.15, 0.2) is 34.8 Å². The van der Waals surface area contributed by atoms with Crippen molar-refractivity contribution >= 4 is 15.9 Å². The highest BCUT2D eigenvalue weighted by atomic mass is 79.9. The zero-order valence-corrected chi connectivity index (χ0v) is 13.6. The zero-order chi connectivity index (χ0) is 15.6. The highest BCUT2D eigenvalue weighted by Gasteiger charge is 2.20. The second-order valence-corrected chi connectivity index (χ2v) is 5.51. The molecule has 112 valence electrons. The molecule has 0 bridgehead atoms. The molecule has 2 rings (SSSR count). The minimum Gasteiger partial charge on any atom is -0.493 e. The highest BCUT2D eigenvalue weighted by Crippen LogP contribution is 2.38. The first-order chi connectivity index (χ1) is 9.97. The van der Waals surface area contributed by atoms with Crippen molar-refractivity contribution < 1.29 is 19.0 Å². The van der Waals surface area contributed by atoms with Crippen molar-refractivity contribution in [1.82, 2.24) is 0 Å². The molecule has 1 unspecified atom stereocenters. The van der Waals surface area contributed by atoms with E-state index in [2.05, 4.69) is 15.9 Å². The Hall–Kier alpha value is -1.59. The van der Waals surface area contributed by atoms with E-state index in [4.69, 9.17) is 9.47 Å². The molecule has 0 fully saturated rings. The van der Waals surface area contributed by atoms with Crippen LogP contribution in [0.2, 0.25) is 0 Å². The molecule has 0 aliphatic carbocycles. The summed E-state index contributed by atoms with van der Waals surface area (Å²) in [4.78, 5) is 0. The SMILES string of the molecule is COc1cc(Br)c(C(O)c2cc(C)ccc2F)cc1OC. The van der Waals surface area contributed by atoms with Gasteiger partial charge in [-0.1, -0.05) is 33.6 Å². The first-order valence-corrected chi connectivity index (χ1v) is 7.12. The molecule has 2 aromatic carbocycles. The number of halogens is 2. The Kier molecular flexibility index (Phi) is 4.85. The number of hydrogen-bond acceptors (Lipinski definition) is 3. The zero-order valence-electron chi connectivity index (χ0n) is 12.0. The normalized spacial score (nSPS) is 12.1. The largest absolute Gasteiger partial charge is 0.493 e. The fourth-order valence-electron chi connectivity index (χ4n) is 2.12. The quantitative estimate of drug-likeness (QED) is 0.901. The topological polar surface area (TPSA) is 38.7 Å². The lowest BCUT2D eigenvalue weighted by molar-refractivity contribution is 0.213. The van der Waals surface area contributed by atoms with E-state index in [9.17, 15) is 9.50 Å². The Balaban J connectivity index is 2.52. The van der Waals surface area contributed by atoms with E-state index in [1.165, 1.54) is 20.3 Å². The predicted octanol–water partition coefficient (Wildman–Crippen LogP) is 4.00. The molecule has 0 aromatic heterocycles. The molecule has 0 radical (unpaired) electrons. The lowest BCUT2D eigenvalue weighted by atomic mass is 9.99. The molecule has 1 N–H and O–H groups in total. The van der Waals surface area contributed by atoms with Crippen LogP contribution in [0, 0.1) is 12.7 Å². The lowest BCUT2D eigenvalue weighted by Gasteiger charge is -2.17. The maximum atomic E-state index is 13.9. The van der Waals surface area contributed by atoms with E-state index in [-0.39, 0.29) is 5.56 Å². The van der Waals surface area contributed by atoms with Crippen LogP contribution in [-0.4, -0.2) is 19.3 Å². The van der Waals surface area contributed by atoms with Gasteiger partial charge >= 0.3 is 0 Å². The monoisotopic (exact) mass is 354 g/mol. The van der Waals surface area contributed by atoms with Crippen molar-refractivity contribution in [3.05, 3.63) is 57.3 Å². The van der Waals surface area contributed by atoms with Gasteiger partial charge in [-0.05, 0) is 25.1 Å². The van der Waals surface area contributed by atoms with Gasteiger partial charge in [-0.25, -0.2) is 4.39 Å². The number of aliphatic hydroxyl groups is 1. The van der Waals surface area contributed by atoms with Crippen LogP contribution >= 0.6 is 15.9 Å². The molecule has 2 aromatic rings. The molecular weight excluding hydrogens is 339 g/mol. The van der Waals surface area contributed by atoms with Crippen molar-refractivity contribution in [2.75, 3.05) is 14.2 Å². The van der Waals surface area contributed by atoms with Crippen molar-refractivity contribution in [2.24, 2.45) is 0 Å². The van der Waals surface area contributed by atoms with Gasteiger partial charge in [-0.15, -0.1) is 0 Å². The van der Waals surface area contributed by atoms with Gasteiger partial charge in [0.15, 0.2) is 11.5 Å². The number of hydrogen-bond donors (Lipinski definition) is 1. The van der Waals surface area contributed by atoms with Gasteiger partial charge in [-0.3, -0.25) is 0 Å². The number of aliphatic hydroxyl groups excluding tert-OH is 1. The first kappa shape index (κ1) is 15.8. The summed E-state index contributed by atoms with van der Waals surface area (Å²) in [6, 6.07) is 7.96. The third-order valence-electron chi connectivity index (χ3n) is 3.24. The maximum Gasteiger partial charge on any atom is 0.161 e. The fourth-order valence-corrected chi connectivity index (χ4v) is 2.66. The summed E-state index contributed by atoms with van der Waals surface area (Å²) < 4.78 is 25.0. The molecule has 3 nitrogen and oxygen atoms in total. The van der Waals surface area contributed by atoms with Crippen LogP contribution in [0.1, 0.15) is 22.8 Å². The minimum atomic E-state index is -1.10. The summed E-state index contributed by atoms with van der Waals surface area (Å²) in [5.74, 6) is 0.558. The summed E-state index contributed by atoms with van der Waals surface area (Å²) in [6.07, 6.45) is -1.10. The molecule has 0 heterocycles. The number of methoxy groups -OCH3 is 2. The van der Waals surface area contributed by atoms with E-state index in [0.717, 1.165) is 5.56 Å². The van der Waals surface area contributed by atoms with Gasteiger partial charge < -0.3 is 14.6 Å². The van der Waals surface area contributed by atoms with Crippen LogP contribution in [0.25, 0.3) is 0 Å². The molecule has 0 amide bonds. The summed E-state index contributed by atoms with van der Waals surface area (Å²) in [6.45, 7) is 1.85. The molecule has 0 spiro atoms. The summed E-state index contributed by atoms with van der Waals surface area (Å²) in [5, 5.41) is 10.5. The Morgan fingerprint density at radius 2 is 1.67 bits per heavy atom. The lowest BCUT2D eigenvalue weighted by Crippen LogP contribution is -2.05. The number of aryl methyl sites for hydroxylation is 1. The van der Waals surface area contributed by atoms with Crippen molar-refractivity contribution in [1.29, 1.82) is 0 Å². The smallest absolute Gasteiger partial charge is 0.161 e. The number of benzene rings is 2. The van der Waals surface area contributed by atoms with E-state index < -0.39 is 11.9 Å². The van der Waals surface area contributed by atoms with Gasteiger partial charge in [-0.2, -0.15) is 0 Å². The third-order valence-corrected chi connectivity index (χ3v) is 3.93.